The summed E-state index contributed by atoms with van der Waals surface area (Å²) in [6, 6.07) is 6.37. The maximum absolute atomic E-state index is 13.2. The van der Waals surface area contributed by atoms with Gasteiger partial charge >= 0.3 is 11.9 Å². The quantitative estimate of drug-likeness (QED) is 0.136. The number of hydrogen-bond acceptors (Lipinski definition) is 7. The number of carbonyl (C=O) groups is 3. The van der Waals surface area contributed by atoms with Crippen LogP contribution in [0.5, 0.6) is 23.0 Å². The average Bonchev–Trinajstić information content (AvgIpc) is 2.85. The molecular formula is C33H44O7. The minimum absolute atomic E-state index is 0.0148. The Morgan fingerprint density at radius 2 is 1.12 bits per heavy atom. The lowest BCUT2D eigenvalue weighted by atomic mass is 9.88. The van der Waals surface area contributed by atoms with Gasteiger partial charge in [0.05, 0.1) is 30.6 Å². The van der Waals surface area contributed by atoms with Crippen molar-refractivity contribution in [1.82, 2.24) is 0 Å². The highest BCUT2D eigenvalue weighted by molar-refractivity contribution is 6.07. The fourth-order valence-electron chi connectivity index (χ4n) is 3.94. The van der Waals surface area contributed by atoms with E-state index >= 15 is 0 Å². The number of ether oxygens (including phenoxy) is 4. The zero-order valence-corrected chi connectivity index (χ0v) is 26.0. The first-order valence-corrected chi connectivity index (χ1v) is 13.5. The van der Waals surface area contributed by atoms with Gasteiger partial charge in [-0.3, -0.25) is 14.4 Å². The van der Waals surface area contributed by atoms with Gasteiger partial charge in [0.1, 0.15) is 23.0 Å². The summed E-state index contributed by atoms with van der Waals surface area (Å²) in [6.07, 6.45) is 3.04. The molecule has 0 saturated carbocycles. The van der Waals surface area contributed by atoms with Gasteiger partial charge in [-0.1, -0.05) is 27.7 Å². The molecule has 0 N–H and O–H groups in total. The third-order valence-electron chi connectivity index (χ3n) is 6.20. The van der Waals surface area contributed by atoms with Crippen LogP contribution in [-0.2, 0) is 9.59 Å². The molecule has 218 valence electrons. The van der Waals surface area contributed by atoms with E-state index in [9.17, 15) is 14.4 Å². The zero-order valence-electron chi connectivity index (χ0n) is 26.0. The Kier molecular flexibility index (Phi) is 10.4. The molecule has 0 bridgehead atoms. The summed E-state index contributed by atoms with van der Waals surface area (Å²) in [4.78, 5) is 38.5. The number of rotatable bonds is 9. The number of methoxy groups -OCH3 is 2. The molecule has 0 aliphatic carbocycles. The molecule has 2 rings (SSSR count). The van der Waals surface area contributed by atoms with Crippen LogP contribution in [0.4, 0.5) is 0 Å². The average molecular weight is 553 g/mol. The van der Waals surface area contributed by atoms with Gasteiger partial charge in [-0.05, 0) is 89.8 Å². The van der Waals surface area contributed by atoms with Crippen LogP contribution >= 0.6 is 0 Å². The van der Waals surface area contributed by atoms with Crippen molar-refractivity contribution in [3.05, 3.63) is 52.6 Å². The monoisotopic (exact) mass is 552 g/mol. The maximum atomic E-state index is 13.2. The summed E-state index contributed by atoms with van der Waals surface area (Å²) in [6.45, 7) is 18.7. The lowest BCUT2D eigenvalue weighted by Gasteiger charge is -2.27. The maximum Gasteiger partial charge on any atom is 0.316 e. The summed E-state index contributed by atoms with van der Waals surface area (Å²) in [7, 11) is 3.13. The molecule has 0 aliphatic rings. The molecule has 7 heteroatoms. The van der Waals surface area contributed by atoms with Crippen molar-refractivity contribution in [2.75, 3.05) is 14.2 Å². The molecule has 0 fully saturated rings. The van der Waals surface area contributed by atoms with E-state index in [1.807, 2.05) is 27.7 Å². The van der Waals surface area contributed by atoms with Gasteiger partial charge in [0.15, 0.2) is 5.78 Å². The predicted octanol–water partition coefficient (Wildman–Crippen LogP) is 7.75. The highest BCUT2D eigenvalue weighted by Gasteiger charge is 2.32. The highest BCUT2D eigenvalue weighted by atomic mass is 16.5. The Hall–Kier alpha value is -3.61. The van der Waals surface area contributed by atoms with Crippen molar-refractivity contribution in [1.29, 1.82) is 0 Å². The number of carbonyl (C=O) groups excluding carboxylic acids is 3. The van der Waals surface area contributed by atoms with Crippen molar-refractivity contribution in [2.45, 2.75) is 81.1 Å². The molecular weight excluding hydrogens is 508 g/mol. The second kappa shape index (κ2) is 12.7. The number of benzene rings is 2. The molecule has 0 saturated heterocycles. The van der Waals surface area contributed by atoms with Gasteiger partial charge in [0.25, 0.3) is 0 Å². The van der Waals surface area contributed by atoms with Crippen LogP contribution in [0.1, 0.15) is 108 Å². The minimum Gasteiger partial charge on any atom is -0.496 e. The van der Waals surface area contributed by atoms with Crippen molar-refractivity contribution >= 4 is 23.8 Å². The van der Waals surface area contributed by atoms with Gasteiger partial charge in [-0.2, -0.15) is 0 Å². The molecule has 0 aliphatic heterocycles. The van der Waals surface area contributed by atoms with Crippen LogP contribution in [0.3, 0.4) is 0 Å². The number of ketones is 1. The fourth-order valence-corrected chi connectivity index (χ4v) is 3.94. The first kappa shape index (κ1) is 32.6. The Morgan fingerprint density at radius 1 is 0.675 bits per heavy atom. The van der Waals surface area contributed by atoms with Gasteiger partial charge in [0.2, 0.25) is 0 Å². The van der Waals surface area contributed by atoms with Crippen molar-refractivity contribution < 1.29 is 33.3 Å². The van der Waals surface area contributed by atoms with E-state index in [0.717, 1.165) is 11.1 Å². The Morgan fingerprint density at radius 3 is 1.55 bits per heavy atom. The van der Waals surface area contributed by atoms with Gasteiger partial charge in [0, 0.05) is 16.7 Å². The van der Waals surface area contributed by atoms with Crippen LogP contribution in [0.15, 0.2) is 30.3 Å². The molecule has 7 nitrogen and oxygen atoms in total. The molecule has 0 atom stereocenters. The molecule has 40 heavy (non-hydrogen) atoms. The first-order chi connectivity index (χ1) is 18.4. The zero-order chi connectivity index (χ0) is 30.6. The Balaban J connectivity index is 2.66. The van der Waals surface area contributed by atoms with Gasteiger partial charge < -0.3 is 18.9 Å². The Bertz CT molecular complexity index is 1270. The lowest BCUT2D eigenvalue weighted by molar-refractivity contribution is -0.143. The molecule has 0 unspecified atom stereocenters. The first-order valence-electron chi connectivity index (χ1n) is 13.5. The summed E-state index contributed by atoms with van der Waals surface area (Å²) in [5, 5.41) is 0. The second-order valence-electron chi connectivity index (χ2n) is 12.4. The summed E-state index contributed by atoms with van der Waals surface area (Å²) in [5.41, 5.74) is 1.02. The summed E-state index contributed by atoms with van der Waals surface area (Å²) < 4.78 is 23.2. The number of hydrogen-bond donors (Lipinski definition) is 0. The number of allylic oxidation sites excluding steroid dienone is 1. The van der Waals surface area contributed by atoms with Crippen LogP contribution in [-0.4, -0.2) is 31.9 Å². The minimum atomic E-state index is -0.763. The third kappa shape index (κ3) is 7.52. The van der Waals surface area contributed by atoms with E-state index in [0.29, 0.717) is 34.1 Å². The van der Waals surface area contributed by atoms with Gasteiger partial charge in [-0.25, -0.2) is 0 Å². The standard InChI is InChI=1S/C33H44O7/c1-19(2)25-27(37-11)23(28(40-31(36)33(8,9)10)26(20(3)4)29(25)38-12)17-18-24(34)21-13-15-22(16-14-21)39-30(35)32(5,6)7/h13-20H,1-12H3. The number of esters is 2. The van der Waals surface area contributed by atoms with Crippen LogP contribution in [0.2, 0.25) is 0 Å². The molecule has 0 amide bonds. The predicted molar refractivity (Wildman–Crippen MR) is 158 cm³/mol. The van der Waals surface area contributed by atoms with Crippen LogP contribution < -0.4 is 18.9 Å². The van der Waals surface area contributed by atoms with Crippen molar-refractivity contribution in [3.8, 4) is 23.0 Å². The van der Waals surface area contributed by atoms with Crippen LogP contribution in [0, 0.1) is 10.8 Å². The van der Waals surface area contributed by atoms with E-state index in [-0.39, 0.29) is 23.6 Å². The Labute approximate surface area is 238 Å². The van der Waals surface area contributed by atoms with Crippen molar-refractivity contribution in [2.24, 2.45) is 10.8 Å². The third-order valence-corrected chi connectivity index (χ3v) is 6.20. The van der Waals surface area contributed by atoms with Crippen molar-refractivity contribution in [3.63, 3.8) is 0 Å². The summed E-state index contributed by atoms with van der Waals surface area (Å²) in [5.74, 6) is 0.627. The molecule has 0 heterocycles. The largest absolute Gasteiger partial charge is 0.496 e. The normalized spacial score (nSPS) is 12.2. The van der Waals surface area contributed by atoms with E-state index in [1.54, 1.807) is 86.1 Å². The van der Waals surface area contributed by atoms with Crippen LogP contribution in [0.25, 0.3) is 6.08 Å². The molecule has 2 aromatic carbocycles. The fraction of sp³-hybridized carbons (Fsp3) is 0.485. The molecule has 0 aromatic heterocycles. The molecule has 0 radical (unpaired) electrons. The SMILES string of the molecule is COc1c(C=CC(=O)c2ccc(OC(=O)C(C)(C)C)cc2)c(OC(=O)C(C)(C)C)c(C(C)C)c(OC)c1C(C)C. The highest BCUT2D eigenvalue weighted by Crippen LogP contribution is 2.50. The summed E-state index contributed by atoms with van der Waals surface area (Å²) >= 11 is 0. The topological polar surface area (TPSA) is 88.1 Å². The smallest absolute Gasteiger partial charge is 0.316 e. The van der Waals surface area contributed by atoms with Gasteiger partial charge in [-0.15, -0.1) is 0 Å². The molecule has 0 spiro atoms. The van der Waals surface area contributed by atoms with E-state index in [2.05, 4.69) is 0 Å². The van der Waals surface area contributed by atoms with E-state index < -0.39 is 16.8 Å². The lowest BCUT2D eigenvalue weighted by Crippen LogP contribution is -2.26. The van der Waals surface area contributed by atoms with E-state index in [4.69, 9.17) is 18.9 Å². The second-order valence-corrected chi connectivity index (χ2v) is 12.4. The molecule has 2 aromatic rings. The van der Waals surface area contributed by atoms with E-state index in [1.165, 1.54) is 6.08 Å².